The van der Waals surface area contributed by atoms with Crippen LogP contribution in [0, 0.1) is 0 Å². The van der Waals surface area contributed by atoms with Crippen LogP contribution in [0.4, 0.5) is 0 Å². The molecular weight excluding hydrogens is 503 g/mol. The van der Waals surface area contributed by atoms with E-state index in [0.29, 0.717) is 17.5 Å². The molecule has 0 saturated heterocycles. The number of aromatic nitrogens is 3. The van der Waals surface area contributed by atoms with E-state index in [2.05, 4.69) is 115 Å². The van der Waals surface area contributed by atoms with E-state index in [0.717, 1.165) is 16.0 Å². The molecule has 0 atom stereocenters. The molecule has 0 bridgehead atoms. The molecule has 0 saturated carbocycles. The van der Waals surface area contributed by atoms with Crippen molar-refractivity contribution in [2.24, 2.45) is 0 Å². The zero-order valence-corrected chi connectivity index (χ0v) is 21.8. The first-order valence-corrected chi connectivity index (χ1v) is 14.1. The summed E-state index contributed by atoms with van der Waals surface area (Å²) < 4.78 is 3.69. The van der Waals surface area contributed by atoms with Crippen LogP contribution in [0.1, 0.15) is 0 Å². The van der Waals surface area contributed by atoms with Gasteiger partial charge in [0.1, 0.15) is 0 Å². The van der Waals surface area contributed by atoms with Gasteiger partial charge < -0.3 is 0 Å². The summed E-state index contributed by atoms with van der Waals surface area (Å²) in [5.41, 5.74) is 2.02. The van der Waals surface area contributed by atoms with Crippen molar-refractivity contribution < 1.29 is 0 Å². The van der Waals surface area contributed by atoms with Crippen LogP contribution in [-0.4, -0.2) is 15.0 Å². The number of fused-ring (bicyclic) bond motifs is 5. The fraction of sp³-hybridized carbons (Fsp3) is 0. The van der Waals surface area contributed by atoms with Gasteiger partial charge in [-0.3, -0.25) is 0 Å². The Hall–Kier alpha value is -4.45. The van der Waals surface area contributed by atoms with Gasteiger partial charge in [-0.05, 0) is 46.5 Å². The van der Waals surface area contributed by atoms with E-state index in [9.17, 15) is 0 Å². The van der Waals surface area contributed by atoms with Gasteiger partial charge in [-0.2, -0.15) is 0 Å². The Morgan fingerprint density at radius 3 is 2.05 bits per heavy atom. The van der Waals surface area contributed by atoms with Gasteiger partial charge in [0.25, 0.3) is 0 Å². The standard InChI is InChI=1S/C33H19N3S2/c1-2-9-21-18-23(17-16-20(21)8-1)31-34-32(36-33(35-31)29-19-22-10-3-5-14-27(22)37-29)26-13-7-12-25-24-11-4-6-15-28(24)38-30(25)26/h1-19H. The summed E-state index contributed by atoms with van der Waals surface area (Å²) in [4.78, 5) is 16.2. The van der Waals surface area contributed by atoms with Crippen molar-refractivity contribution in [3.8, 4) is 33.5 Å². The van der Waals surface area contributed by atoms with Crippen LogP contribution < -0.4 is 0 Å². The van der Waals surface area contributed by atoms with E-state index in [1.165, 1.54) is 41.0 Å². The van der Waals surface area contributed by atoms with Gasteiger partial charge in [-0.15, -0.1) is 22.7 Å². The molecule has 0 spiro atoms. The first kappa shape index (κ1) is 21.6. The molecule has 0 fully saturated rings. The summed E-state index contributed by atoms with van der Waals surface area (Å²) in [6.45, 7) is 0. The Morgan fingerprint density at radius 1 is 0.447 bits per heavy atom. The van der Waals surface area contributed by atoms with Crippen molar-refractivity contribution in [2.75, 3.05) is 0 Å². The van der Waals surface area contributed by atoms with Crippen LogP contribution in [0.5, 0.6) is 0 Å². The quantitative estimate of drug-likeness (QED) is 0.232. The molecule has 38 heavy (non-hydrogen) atoms. The van der Waals surface area contributed by atoms with Crippen molar-refractivity contribution in [3.63, 3.8) is 0 Å². The third-order valence-corrected chi connectivity index (χ3v) is 9.27. The molecule has 3 aromatic heterocycles. The molecule has 0 unspecified atom stereocenters. The lowest BCUT2D eigenvalue weighted by atomic mass is 10.1. The van der Waals surface area contributed by atoms with Crippen LogP contribution in [0.3, 0.4) is 0 Å². The topological polar surface area (TPSA) is 38.7 Å². The van der Waals surface area contributed by atoms with E-state index in [-0.39, 0.29) is 0 Å². The Balaban J connectivity index is 1.39. The minimum Gasteiger partial charge on any atom is -0.208 e. The molecule has 5 heteroatoms. The summed E-state index contributed by atoms with van der Waals surface area (Å²) in [5, 5.41) is 6.07. The Kier molecular flexibility index (Phi) is 4.87. The molecule has 0 radical (unpaired) electrons. The fourth-order valence-corrected chi connectivity index (χ4v) is 7.29. The molecule has 5 aromatic carbocycles. The maximum absolute atomic E-state index is 5.07. The highest BCUT2D eigenvalue weighted by molar-refractivity contribution is 7.26. The van der Waals surface area contributed by atoms with Gasteiger partial charge >= 0.3 is 0 Å². The molecular formula is C33H19N3S2. The summed E-state index contributed by atoms with van der Waals surface area (Å²) in [6.07, 6.45) is 0. The number of thiophene rings is 2. The lowest BCUT2D eigenvalue weighted by Crippen LogP contribution is -1.99. The summed E-state index contributed by atoms with van der Waals surface area (Å²) in [6, 6.07) is 40.4. The molecule has 3 heterocycles. The number of benzene rings is 5. The molecule has 0 N–H and O–H groups in total. The number of rotatable bonds is 3. The van der Waals surface area contributed by atoms with Crippen LogP contribution >= 0.6 is 22.7 Å². The maximum atomic E-state index is 5.07. The third-order valence-electron chi connectivity index (χ3n) is 6.93. The predicted octanol–water partition coefficient (Wildman–Crippen LogP) is 9.61. The Bertz CT molecular complexity index is 2120. The van der Waals surface area contributed by atoms with Crippen LogP contribution in [0.15, 0.2) is 115 Å². The molecule has 8 aromatic rings. The number of hydrogen-bond acceptors (Lipinski definition) is 5. The van der Waals surface area contributed by atoms with Crippen molar-refractivity contribution >= 4 is 63.7 Å². The molecule has 8 rings (SSSR count). The van der Waals surface area contributed by atoms with Gasteiger partial charge in [0.05, 0.1) is 4.88 Å². The Labute approximate surface area is 226 Å². The smallest absolute Gasteiger partial charge is 0.174 e. The van der Waals surface area contributed by atoms with Crippen LogP contribution in [-0.2, 0) is 0 Å². The first-order valence-electron chi connectivity index (χ1n) is 12.4. The fourth-order valence-electron chi connectivity index (χ4n) is 5.08. The highest BCUT2D eigenvalue weighted by Gasteiger charge is 2.17. The second-order valence-electron chi connectivity index (χ2n) is 9.30. The molecule has 0 aliphatic carbocycles. The minimum absolute atomic E-state index is 0.686. The van der Waals surface area contributed by atoms with E-state index in [1.54, 1.807) is 22.7 Å². The van der Waals surface area contributed by atoms with Gasteiger partial charge in [0.15, 0.2) is 17.5 Å². The SMILES string of the molecule is c1ccc2cc(-c3nc(-c4cc5ccccc5s4)nc(-c4cccc5c4sc4ccccc45)n3)ccc2c1. The zero-order valence-electron chi connectivity index (χ0n) is 20.1. The minimum atomic E-state index is 0.686. The van der Waals surface area contributed by atoms with Crippen molar-refractivity contribution in [1.82, 2.24) is 15.0 Å². The van der Waals surface area contributed by atoms with E-state index >= 15 is 0 Å². The van der Waals surface area contributed by atoms with Crippen LogP contribution in [0.2, 0.25) is 0 Å². The van der Waals surface area contributed by atoms with E-state index in [1.807, 2.05) is 0 Å². The molecule has 0 aliphatic heterocycles. The van der Waals surface area contributed by atoms with E-state index < -0.39 is 0 Å². The molecule has 0 aliphatic rings. The lowest BCUT2D eigenvalue weighted by Gasteiger charge is -2.09. The molecule has 0 amide bonds. The zero-order chi connectivity index (χ0) is 25.1. The molecule has 178 valence electrons. The van der Waals surface area contributed by atoms with Crippen molar-refractivity contribution in [1.29, 1.82) is 0 Å². The van der Waals surface area contributed by atoms with Gasteiger partial charge in [-0.25, -0.2) is 15.0 Å². The predicted molar refractivity (Wildman–Crippen MR) is 162 cm³/mol. The molecule has 3 nitrogen and oxygen atoms in total. The average Bonchev–Trinajstić information content (AvgIpc) is 3.58. The normalized spacial score (nSPS) is 11.7. The van der Waals surface area contributed by atoms with Gasteiger partial charge in [0.2, 0.25) is 0 Å². The average molecular weight is 522 g/mol. The lowest BCUT2D eigenvalue weighted by molar-refractivity contribution is 1.08. The third kappa shape index (κ3) is 3.51. The summed E-state index contributed by atoms with van der Waals surface area (Å²) in [7, 11) is 0. The monoisotopic (exact) mass is 521 g/mol. The summed E-state index contributed by atoms with van der Waals surface area (Å²) >= 11 is 3.51. The number of hydrogen-bond donors (Lipinski definition) is 0. The first-order chi connectivity index (χ1) is 18.8. The number of nitrogens with zero attached hydrogens (tertiary/aromatic N) is 3. The van der Waals surface area contributed by atoms with Crippen molar-refractivity contribution in [2.45, 2.75) is 0 Å². The Morgan fingerprint density at radius 2 is 1.16 bits per heavy atom. The van der Waals surface area contributed by atoms with Gasteiger partial charge in [-0.1, -0.05) is 84.9 Å². The maximum Gasteiger partial charge on any atom is 0.174 e. The summed E-state index contributed by atoms with van der Waals surface area (Å²) in [5.74, 6) is 2.09. The highest BCUT2D eigenvalue weighted by Crippen LogP contribution is 2.40. The largest absolute Gasteiger partial charge is 0.208 e. The van der Waals surface area contributed by atoms with E-state index in [4.69, 9.17) is 15.0 Å². The second kappa shape index (κ2) is 8.55. The van der Waals surface area contributed by atoms with Crippen molar-refractivity contribution in [3.05, 3.63) is 115 Å². The van der Waals surface area contributed by atoms with Gasteiger partial charge in [0, 0.05) is 36.0 Å². The second-order valence-corrected chi connectivity index (χ2v) is 11.4. The van der Waals surface area contributed by atoms with Crippen LogP contribution in [0.25, 0.3) is 74.5 Å². The highest BCUT2D eigenvalue weighted by atomic mass is 32.1.